The number of amides is 1. The molecule has 86 valence electrons. The van der Waals surface area contributed by atoms with E-state index in [1.54, 1.807) is 0 Å². The van der Waals surface area contributed by atoms with Gasteiger partial charge in [0.1, 0.15) is 5.78 Å². The minimum atomic E-state index is -0.109. The van der Waals surface area contributed by atoms with Gasteiger partial charge in [-0.05, 0) is 32.1 Å². The summed E-state index contributed by atoms with van der Waals surface area (Å²) in [6.07, 6.45) is 5.79. The first-order valence-corrected chi connectivity index (χ1v) is 5.86. The monoisotopic (exact) mass is 211 g/mol. The molecule has 1 fully saturated rings. The summed E-state index contributed by atoms with van der Waals surface area (Å²) in [5, 5.41) is 2.95. The fourth-order valence-corrected chi connectivity index (χ4v) is 2.14. The molecule has 0 aromatic rings. The zero-order valence-corrected chi connectivity index (χ0v) is 9.71. The number of rotatable bonds is 3. The zero-order valence-electron chi connectivity index (χ0n) is 9.71. The normalized spacial score (nSPS) is 26.8. The first kappa shape index (κ1) is 12.2. The van der Waals surface area contributed by atoms with Crippen LogP contribution in [-0.2, 0) is 9.59 Å². The van der Waals surface area contributed by atoms with Crippen LogP contribution in [0.5, 0.6) is 0 Å². The average Bonchev–Trinajstić information content (AvgIpc) is 2.29. The second kappa shape index (κ2) is 5.89. The van der Waals surface area contributed by atoms with E-state index < -0.39 is 0 Å². The molecule has 0 spiro atoms. The SMILES string of the molecule is CC(=O)CC(=O)NC1CCCC(C)CC1. The lowest BCUT2D eigenvalue weighted by Gasteiger charge is -2.15. The Bertz CT molecular complexity index is 238. The Morgan fingerprint density at radius 3 is 2.60 bits per heavy atom. The first-order chi connectivity index (χ1) is 7.08. The molecule has 0 aromatic carbocycles. The zero-order chi connectivity index (χ0) is 11.3. The molecule has 1 aliphatic carbocycles. The van der Waals surface area contributed by atoms with Crippen LogP contribution in [0.15, 0.2) is 0 Å². The highest BCUT2D eigenvalue weighted by molar-refractivity contribution is 5.96. The summed E-state index contributed by atoms with van der Waals surface area (Å²) in [7, 11) is 0. The Morgan fingerprint density at radius 1 is 1.20 bits per heavy atom. The molecule has 0 saturated heterocycles. The van der Waals surface area contributed by atoms with Gasteiger partial charge in [-0.15, -0.1) is 0 Å². The third kappa shape index (κ3) is 4.96. The van der Waals surface area contributed by atoms with Gasteiger partial charge in [-0.2, -0.15) is 0 Å². The van der Waals surface area contributed by atoms with Gasteiger partial charge in [0, 0.05) is 6.04 Å². The molecule has 1 aliphatic rings. The van der Waals surface area contributed by atoms with E-state index in [0.29, 0.717) is 6.04 Å². The van der Waals surface area contributed by atoms with Crippen molar-refractivity contribution in [2.75, 3.05) is 0 Å². The molecule has 0 aromatic heterocycles. The quantitative estimate of drug-likeness (QED) is 0.573. The molecule has 1 rings (SSSR count). The predicted octanol–water partition coefficient (Wildman–Crippen LogP) is 2.05. The Kier molecular flexibility index (Phi) is 4.79. The minimum absolute atomic E-state index is 0.0338. The van der Waals surface area contributed by atoms with Crippen molar-refractivity contribution in [3.8, 4) is 0 Å². The van der Waals surface area contributed by atoms with Gasteiger partial charge in [-0.25, -0.2) is 0 Å². The maximum Gasteiger partial charge on any atom is 0.227 e. The molecule has 0 heterocycles. The van der Waals surface area contributed by atoms with Gasteiger partial charge in [-0.3, -0.25) is 9.59 Å². The molecular formula is C12H21NO2. The number of Topliss-reactive ketones (excluding diaryl/α,β-unsaturated/α-hetero) is 1. The molecule has 0 aliphatic heterocycles. The number of carbonyl (C=O) groups is 2. The molecule has 2 unspecified atom stereocenters. The van der Waals surface area contributed by atoms with Crippen LogP contribution in [-0.4, -0.2) is 17.7 Å². The van der Waals surface area contributed by atoms with Gasteiger partial charge in [0.15, 0.2) is 0 Å². The standard InChI is InChI=1S/C12H21NO2/c1-9-4-3-5-11(7-6-9)13-12(15)8-10(2)14/h9,11H,3-8H2,1-2H3,(H,13,15). The summed E-state index contributed by atoms with van der Waals surface area (Å²) in [4.78, 5) is 22.1. The van der Waals surface area contributed by atoms with Crippen molar-refractivity contribution in [1.29, 1.82) is 0 Å². The van der Waals surface area contributed by atoms with Crippen molar-refractivity contribution in [2.24, 2.45) is 5.92 Å². The van der Waals surface area contributed by atoms with Crippen LogP contribution >= 0.6 is 0 Å². The molecule has 0 bridgehead atoms. The van der Waals surface area contributed by atoms with Crippen LogP contribution in [0, 0.1) is 5.92 Å². The lowest BCUT2D eigenvalue weighted by Crippen LogP contribution is -2.35. The van der Waals surface area contributed by atoms with E-state index in [-0.39, 0.29) is 18.1 Å². The summed E-state index contributed by atoms with van der Waals surface area (Å²) < 4.78 is 0. The highest BCUT2D eigenvalue weighted by Gasteiger charge is 2.18. The maximum absolute atomic E-state index is 11.4. The Morgan fingerprint density at radius 2 is 1.93 bits per heavy atom. The van der Waals surface area contributed by atoms with E-state index in [1.165, 1.54) is 26.2 Å². The van der Waals surface area contributed by atoms with Crippen molar-refractivity contribution in [3.05, 3.63) is 0 Å². The van der Waals surface area contributed by atoms with E-state index in [9.17, 15) is 9.59 Å². The highest BCUT2D eigenvalue weighted by Crippen LogP contribution is 2.22. The highest BCUT2D eigenvalue weighted by atomic mass is 16.2. The Labute approximate surface area is 91.6 Å². The predicted molar refractivity (Wildman–Crippen MR) is 59.5 cm³/mol. The first-order valence-electron chi connectivity index (χ1n) is 5.86. The van der Waals surface area contributed by atoms with Crippen LogP contribution < -0.4 is 5.32 Å². The van der Waals surface area contributed by atoms with Crippen molar-refractivity contribution in [3.63, 3.8) is 0 Å². The summed E-state index contributed by atoms with van der Waals surface area (Å²) in [6.45, 7) is 3.72. The maximum atomic E-state index is 11.4. The van der Waals surface area contributed by atoms with Crippen LogP contribution in [0.2, 0.25) is 0 Å². The number of nitrogens with one attached hydrogen (secondary N) is 1. The van der Waals surface area contributed by atoms with Gasteiger partial charge in [0.25, 0.3) is 0 Å². The lowest BCUT2D eigenvalue weighted by molar-refractivity contribution is -0.127. The summed E-state index contributed by atoms with van der Waals surface area (Å²) >= 11 is 0. The Hall–Kier alpha value is -0.860. The summed E-state index contributed by atoms with van der Waals surface area (Å²) in [5.74, 6) is 0.608. The Balaban J connectivity index is 2.31. The second-order valence-corrected chi connectivity index (χ2v) is 4.76. The van der Waals surface area contributed by atoms with Crippen molar-refractivity contribution in [1.82, 2.24) is 5.32 Å². The molecule has 3 nitrogen and oxygen atoms in total. The van der Waals surface area contributed by atoms with E-state index in [2.05, 4.69) is 12.2 Å². The smallest absolute Gasteiger partial charge is 0.227 e. The van der Waals surface area contributed by atoms with Crippen LogP contribution in [0.4, 0.5) is 0 Å². The largest absolute Gasteiger partial charge is 0.353 e. The van der Waals surface area contributed by atoms with Gasteiger partial charge in [0.2, 0.25) is 5.91 Å². The summed E-state index contributed by atoms with van der Waals surface area (Å²) in [6, 6.07) is 0.293. The number of hydrogen-bond acceptors (Lipinski definition) is 2. The van der Waals surface area contributed by atoms with Crippen LogP contribution in [0.25, 0.3) is 0 Å². The van der Waals surface area contributed by atoms with E-state index in [0.717, 1.165) is 18.8 Å². The molecule has 3 heteroatoms. The van der Waals surface area contributed by atoms with Gasteiger partial charge in [-0.1, -0.05) is 19.8 Å². The molecule has 2 atom stereocenters. The third-order valence-electron chi connectivity index (χ3n) is 3.03. The van der Waals surface area contributed by atoms with Crippen molar-refractivity contribution >= 4 is 11.7 Å². The lowest BCUT2D eigenvalue weighted by atomic mass is 10.0. The van der Waals surface area contributed by atoms with Gasteiger partial charge < -0.3 is 5.32 Å². The summed E-state index contributed by atoms with van der Waals surface area (Å²) in [5.41, 5.74) is 0. The fraction of sp³-hybridized carbons (Fsp3) is 0.833. The fourth-order valence-electron chi connectivity index (χ4n) is 2.14. The topological polar surface area (TPSA) is 46.2 Å². The average molecular weight is 211 g/mol. The molecule has 1 N–H and O–H groups in total. The minimum Gasteiger partial charge on any atom is -0.353 e. The van der Waals surface area contributed by atoms with Crippen molar-refractivity contribution < 1.29 is 9.59 Å². The van der Waals surface area contributed by atoms with Crippen LogP contribution in [0.3, 0.4) is 0 Å². The van der Waals surface area contributed by atoms with E-state index in [1.807, 2.05) is 0 Å². The third-order valence-corrected chi connectivity index (χ3v) is 3.03. The molecular weight excluding hydrogens is 190 g/mol. The molecule has 1 saturated carbocycles. The number of carbonyl (C=O) groups excluding carboxylic acids is 2. The van der Waals surface area contributed by atoms with E-state index >= 15 is 0 Å². The second-order valence-electron chi connectivity index (χ2n) is 4.76. The van der Waals surface area contributed by atoms with Gasteiger partial charge >= 0.3 is 0 Å². The van der Waals surface area contributed by atoms with Crippen LogP contribution in [0.1, 0.15) is 52.4 Å². The molecule has 1 amide bonds. The van der Waals surface area contributed by atoms with Crippen molar-refractivity contribution in [2.45, 2.75) is 58.4 Å². The van der Waals surface area contributed by atoms with E-state index in [4.69, 9.17) is 0 Å². The number of ketones is 1. The molecule has 15 heavy (non-hydrogen) atoms. The number of hydrogen-bond donors (Lipinski definition) is 1. The molecule has 0 radical (unpaired) electrons. The van der Waals surface area contributed by atoms with Gasteiger partial charge in [0.05, 0.1) is 6.42 Å².